The Morgan fingerprint density at radius 1 is 1.36 bits per heavy atom. The number of amides is 1. The molecule has 0 heterocycles. The molecule has 0 aliphatic carbocycles. The molecule has 0 unspecified atom stereocenters. The van der Waals surface area contributed by atoms with Crippen LogP contribution in [0.1, 0.15) is 39.5 Å². The van der Waals surface area contributed by atoms with E-state index < -0.39 is 5.97 Å². The minimum Gasteiger partial charge on any atom is -0.481 e. The first kappa shape index (κ1) is 15.4. The van der Waals surface area contributed by atoms with Gasteiger partial charge in [0.05, 0.1) is 5.92 Å². The maximum Gasteiger partial charge on any atom is 0.306 e. The van der Waals surface area contributed by atoms with Gasteiger partial charge in [0.15, 0.2) is 0 Å². The molecule has 1 amide bonds. The van der Waals surface area contributed by atoms with Gasteiger partial charge in [-0.1, -0.05) is 26.7 Å². The minimum atomic E-state index is -0.635. The third-order valence-electron chi connectivity index (χ3n) is 1.68. The van der Waals surface area contributed by atoms with Gasteiger partial charge >= 0.3 is 5.97 Å². The van der Waals surface area contributed by atoms with Crippen LogP contribution in [0.5, 0.6) is 0 Å². The molecule has 0 aliphatic heterocycles. The average Bonchev–Trinajstić information content (AvgIpc) is 2.18. The smallest absolute Gasteiger partial charge is 0.306 e. The van der Waals surface area contributed by atoms with Crippen LogP contribution in [0.15, 0.2) is 0 Å². The van der Waals surface area contributed by atoms with Crippen LogP contribution in [0.3, 0.4) is 0 Å². The summed E-state index contributed by atoms with van der Waals surface area (Å²) in [5.74, 6) is -0.737. The van der Waals surface area contributed by atoms with Gasteiger partial charge in [0.1, 0.15) is 0 Å². The van der Waals surface area contributed by atoms with E-state index in [1.165, 1.54) is 5.48 Å². The second-order valence-electron chi connectivity index (χ2n) is 2.86. The van der Waals surface area contributed by atoms with E-state index in [2.05, 4.69) is 0 Å². The molecule has 0 rings (SSSR count). The first-order chi connectivity index (χ1) is 6.63. The van der Waals surface area contributed by atoms with E-state index in [1.54, 1.807) is 0 Å². The third kappa shape index (κ3) is 10.9. The number of carboxylic acids is 1. The Bertz CT molecular complexity index is 144. The van der Waals surface area contributed by atoms with Crippen molar-refractivity contribution < 1.29 is 19.9 Å². The zero-order valence-electron chi connectivity index (χ0n) is 8.69. The Kier molecular flexibility index (Phi) is 13.1. The molecule has 0 atom stereocenters. The summed E-state index contributed by atoms with van der Waals surface area (Å²) in [6, 6.07) is 0. The zero-order valence-corrected chi connectivity index (χ0v) is 8.69. The lowest BCUT2D eigenvalue weighted by molar-refractivity contribution is -0.142. The normalized spacial score (nSPS) is 8.86. The summed E-state index contributed by atoms with van der Waals surface area (Å²) in [5.41, 5.74) is 1.25. The predicted molar refractivity (Wildman–Crippen MR) is 51.9 cm³/mol. The number of aliphatic carboxylic acids is 1. The van der Waals surface area contributed by atoms with E-state index in [-0.39, 0.29) is 12.3 Å². The number of carboxylic acid groups (broad SMARTS) is 1. The molecule has 0 spiro atoms. The fourth-order valence-electron chi connectivity index (χ4n) is 1.09. The van der Waals surface area contributed by atoms with E-state index in [0.717, 1.165) is 25.7 Å². The van der Waals surface area contributed by atoms with Crippen molar-refractivity contribution in [1.82, 2.24) is 5.48 Å². The molecule has 0 aromatic carbocycles. The average molecular weight is 205 g/mol. The van der Waals surface area contributed by atoms with Crippen molar-refractivity contribution in [2.75, 3.05) is 0 Å². The highest BCUT2D eigenvalue weighted by molar-refractivity contribution is 5.69. The molecule has 0 aromatic rings. The molecule has 14 heavy (non-hydrogen) atoms. The SMILES string of the molecule is CCCC(CCC)C(=O)O.O=CNO. The molecule has 5 nitrogen and oxygen atoms in total. The number of carbonyl (C=O) groups is 2. The van der Waals surface area contributed by atoms with Gasteiger partial charge in [-0.25, -0.2) is 5.48 Å². The first-order valence-corrected chi connectivity index (χ1v) is 4.70. The maximum absolute atomic E-state index is 10.5. The van der Waals surface area contributed by atoms with Gasteiger partial charge in [0, 0.05) is 0 Å². The number of nitrogens with one attached hydrogen (secondary N) is 1. The van der Waals surface area contributed by atoms with Gasteiger partial charge in [0.25, 0.3) is 0 Å². The second-order valence-corrected chi connectivity index (χ2v) is 2.86. The fourth-order valence-corrected chi connectivity index (χ4v) is 1.09. The van der Waals surface area contributed by atoms with Crippen molar-refractivity contribution >= 4 is 12.4 Å². The van der Waals surface area contributed by atoms with Crippen molar-refractivity contribution in [3.63, 3.8) is 0 Å². The topological polar surface area (TPSA) is 86.6 Å². The Balaban J connectivity index is 0. The van der Waals surface area contributed by atoms with Crippen molar-refractivity contribution in [3.05, 3.63) is 0 Å². The Hall–Kier alpha value is -1.10. The number of carbonyl (C=O) groups excluding carboxylic acids is 1. The van der Waals surface area contributed by atoms with Crippen molar-refractivity contribution in [3.8, 4) is 0 Å². The monoisotopic (exact) mass is 205 g/mol. The summed E-state index contributed by atoms with van der Waals surface area (Å²) < 4.78 is 0. The summed E-state index contributed by atoms with van der Waals surface area (Å²) in [6.07, 6.45) is 3.76. The van der Waals surface area contributed by atoms with Crippen molar-refractivity contribution in [2.45, 2.75) is 39.5 Å². The Labute approximate surface area is 84.1 Å². The van der Waals surface area contributed by atoms with Crippen molar-refractivity contribution in [2.24, 2.45) is 5.92 Å². The highest BCUT2D eigenvalue weighted by Gasteiger charge is 2.13. The van der Waals surface area contributed by atoms with E-state index in [4.69, 9.17) is 15.1 Å². The van der Waals surface area contributed by atoms with Crippen LogP contribution >= 0.6 is 0 Å². The summed E-state index contributed by atoms with van der Waals surface area (Å²) >= 11 is 0. The van der Waals surface area contributed by atoms with Crippen LogP contribution in [-0.2, 0) is 9.59 Å². The molecular weight excluding hydrogens is 186 g/mol. The molecule has 3 N–H and O–H groups in total. The van der Waals surface area contributed by atoms with E-state index in [9.17, 15) is 4.79 Å². The van der Waals surface area contributed by atoms with Crippen molar-refractivity contribution in [1.29, 1.82) is 0 Å². The molecule has 0 radical (unpaired) electrons. The molecule has 0 saturated heterocycles. The molecule has 0 fully saturated rings. The molecule has 0 aromatic heterocycles. The summed E-state index contributed by atoms with van der Waals surface area (Å²) in [5, 5.41) is 15.9. The highest BCUT2D eigenvalue weighted by atomic mass is 16.5. The highest BCUT2D eigenvalue weighted by Crippen LogP contribution is 2.12. The quantitative estimate of drug-likeness (QED) is 0.347. The van der Waals surface area contributed by atoms with Gasteiger partial charge in [-0.15, -0.1) is 0 Å². The van der Waals surface area contributed by atoms with E-state index in [0.29, 0.717) is 0 Å². The largest absolute Gasteiger partial charge is 0.481 e. The number of hydrogen-bond acceptors (Lipinski definition) is 3. The van der Waals surface area contributed by atoms with Crippen LogP contribution in [-0.4, -0.2) is 22.7 Å². The molecule has 0 aliphatic rings. The summed E-state index contributed by atoms with van der Waals surface area (Å²) in [6.45, 7) is 4.04. The van der Waals surface area contributed by atoms with Crippen LogP contribution in [0, 0.1) is 5.92 Å². The van der Waals surface area contributed by atoms with E-state index >= 15 is 0 Å². The molecular formula is C9H19NO4. The molecule has 84 valence electrons. The van der Waals surface area contributed by atoms with Crippen LogP contribution in [0.4, 0.5) is 0 Å². The Morgan fingerprint density at radius 3 is 1.86 bits per heavy atom. The standard InChI is InChI=1S/C8H16O2.CH3NO2/c1-3-5-7(6-4-2)8(9)10;3-1-2-4/h7H,3-6H2,1-2H3,(H,9,10);1,4H,(H,2,3). The fraction of sp³-hybridized carbons (Fsp3) is 0.778. The lowest BCUT2D eigenvalue weighted by Crippen LogP contribution is -2.12. The maximum atomic E-state index is 10.5. The summed E-state index contributed by atoms with van der Waals surface area (Å²) in [4.78, 5) is 19.3. The lowest BCUT2D eigenvalue weighted by atomic mass is 9.99. The Morgan fingerprint density at radius 2 is 1.71 bits per heavy atom. The first-order valence-electron chi connectivity index (χ1n) is 4.70. The number of rotatable bonds is 6. The van der Waals surface area contributed by atoms with Crippen LogP contribution < -0.4 is 5.48 Å². The van der Waals surface area contributed by atoms with Gasteiger partial charge < -0.3 is 5.11 Å². The molecule has 0 bridgehead atoms. The van der Waals surface area contributed by atoms with E-state index in [1.807, 2.05) is 13.8 Å². The van der Waals surface area contributed by atoms with Gasteiger partial charge in [-0.2, -0.15) is 0 Å². The second kappa shape index (κ2) is 11.9. The number of hydrogen-bond donors (Lipinski definition) is 3. The number of hydroxylamine groups is 1. The van der Waals surface area contributed by atoms with Gasteiger partial charge in [0.2, 0.25) is 6.41 Å². The van der Waals surface area contributed by atoms with Crippen LogP contribution in [0.2, 0.25) is 0 Å². The lowest BCUT2D eigenvalue weighted by Gasteiger charge is -2.07. The molecule has 0 saturated carbocycles. The summed E-state index contributed by atoms with van der Waals surface area (Å²) in [7, 11) is 0. The molecule has 5 heteroatoms. The van der Waals surface area contributed by atoms with Crippen LogP contribution in [0.25, 0.3) is 0 Å². The van der Waals surface area contributed by atoms with Gasteiger partial charge in [-0.3, -0.25) is 14.8 Å². The van der Waals surface area contributed by atoms with Gasteiger partial charge in [-0.05, 0) is 12.8 Å². The third-order valence-corrected chi connectivity index (χ3v) is 1.68. The predicted octanol–water partition coefficient (Wildman–Crippen LogP) is 1.41. The minimum absolute atomic E-state index is 0.102. The zero-order chi connectivity index (χ0) is 11.4.